The highest BCUT2D eigenvalue weighted by Crippen LogP contribution is 2.33. The van der Waals surface area contributed by atoms with E-state index in [-0.39, 0.29) is 5.76 Å². The molecule has 0 aliphatic heterocycles. The second-order valence-electron chi connectivity index (χ2n) is 4.60. The summed E-state index contributed by atoms with van der Waals surface area (Å²) in [6, 6.07) is 11.7. The monoisotopic (exact) mass is 290 g/mol. The van der Waals surface area contributed by atoms with Gasteiger partial charge in [0.1, 0.15) is 5.58 Å². The Hall–Kier alpha value is -2.56. The van der Waals surface area contributed by atoms with Crippen LogP contribution in [0.1, 0.15) is 16.1 Å². The van der Waals surface area contributed by atoms with Crippen LogP contribution in [0.15, 0.2) is 52.9 Å². The standard InChI is InChI=1S/C16H9F3O2/c17-16(18,19)13-3-1-2-10(7-13)11-4-5-15-12(6-11)8-14(9-20)21-15/h1-9H. The van der Waals surface area contributed by atoms with Crippen LogP contribution in [0.2, 0.25) is 0 Å². The van der Waals surface area contributed by atoms with E-state index in [1.54, 1.807) is 30.3 Å². The molecule has 0 aliphatic carbocycles. The molecule has 1 aromatic heterocycles. The summed E-state index contributed by atoms with van der Waals surface area (Å²) in [4.78, 5) is 10.7. The molecule has 106 valence electrons. The van der Waals surface area contributed by atoms with Gasteiger partial charge < -0.3 is 4.42 Å². The van der Waals surface area contributed by atoms with Crippen molar-refractivity contribution in [2.45, 2.75) is 6.18 Å². The van der Waals surface area contributed by atoms with Gasteiger partial charge in [0.25, 0.3) is 0 Å². The van der Waals surface area contributed by atoms with Gasteiger partial charge in [0.05, 0.1) is 5.56 Å². The van der Waals surface area contributed by atoms with Gasteiger partial charge in [-0.1, -0.05) is 18.2 Å². The Balaban J connectivity index is 2.09. The lowest BCUT2D eigenvalue weighted by molar-refractivity contribution is -0.137. The molecular weight excluding hydrogens is 281 g/mol. The molecule has 0 spiro atoms. The average molecular weight is 290 g/mol. The maximum atomic E-state index is 12.7. The van der Waals surface area contributed by atoms with E-state index < -0.39 is 11.7 Å². The highest BCUT2D eigenvalue weighted by molar-refractivity contribution is 5.88. The number of carbonyl (C=O) groups excluding carboxylic acids is 1. The molecule has 0 unspecified atom stereocenters. The van der Waals surface area contributed by atoms with Crippen LogP contribution in [-0.4, -0.2) is 6.29 Å². The molecule has 0 saturated carbocycles. The van der Waals surface area contributed by atoms with E-state index in [4.69, 9.17) is 4.42 Å². The molecule has 0 amide bonds. The van der Waals surface area contributed by atoms with Crippen molar-refractivity contribution < 1.29 is 22.4 Å². The number of hydrogen-bond acceptors (Lipinski definition) is 2. The minimum absolute atomic E-state index is 0.186. The molecular formula is C16H9F3O2. The molecule has 3 aromatic rings. The summed E-state index contributed by atoms with van der Waals surface area (Å²) in [5, 5.41) is 0.673. The van der Waals surface area contributed by atoms with E-state index in [0.717, 1.165) is 12.1 Å². The molecule has 0 radical (unpaired) electrons. The second-order valence-corrected chi connectivity index (χ2v) is 4.60. The van der Waals surface area contributed by atoms with Crippen molar-refractivity contribution in [2.75, 3.05) is 0 Å². The van der Waals surface area contributed by atoms with E-state index in [1.807, 2.05) is 0 Å². The maximum Gasteiger partial charge on any atom is 0.416 e. The zero-order valence-electron chi connectivity index (χ0n) is 10.6. The van der Waals surface area contributed by atoms with E-state index in [2.05, 4.69) is 0 Å². The first kappa shape index (κ1) is 13.4. The Bertz CT molecular complexity index is 816. The van der Waals surface area contributed by atoms with Crippen molar-refractivity contribution in [3.63, 3.8) is 0 Å². The molecule has 21 heavy (non-hydrogen) atoms. The van der Waals surface area contributed by atoms with E-state index in [0.29, 0.717) is 28.4 Å². The first-order valence-corrected chi connectivity index (χ1v) is 6.14. The molecule has 0 saturated heterocycles. The molecule has 0 N–H and O–H groups in total. The third kappa shape index (κ3) is 2.54. The lowest BCUT2D eigenvalue weighted by atomic mass is 10.0. The lowest BCUT2D eigenvalue weighted by Crippen LogP contribution is -2.04. The van der Waals surface area contributed by atoms with E-state index >= 15 is 0 Å². The molecule has 2 nitrogen and oxygen atoms in total. The summed E-state index contributed by atoms with van der Waals surface area (Å²) in [7, 11) is 0. The normalized spacial score (nSPS) is 11.8. The van der Waals surface area contributed by atoms with Gasteiger partial charge in [-0.05, 0) is 41.5 Å². The summed E-state index contributed by atoms with van der Waals surface area (Å²) in [6.45, 7) is 0. The lowest BCUT2D eigenvalue weighted by Gasteiger charge is -2.08. The van der Waals surface area contributed by atoms with E-state index in [9.17, 15) is 18.0 Å². The second kappa shape index (κ2) is 4.77. The van der Waals surface area contributed by atoms with Crippen molar-refractivity contribution >= 4 is 17.3 Å². The number of alkyl halides is 3. The summed E-state index contributed by atoms with van der Waals surface area (Å²) in [6.07, 6.45) is -3.79. The Labute approximate surface area is 117 Å². The van der Waals surface area contributed by atoms with Crippen LogP contribution >= 0.6 is 0 Å². The summed E-state index contributed by atoms with van der Waals surface area (Å²) >= 11 is 0. The fourth-order valence-electron chi connectivity index (χ4n) is 2.18. The number of fused-ring (bicyclic) bond motifs is 1. The van der Waals surface area contributed by atoms with Crippen molar-refractivity contribution in [3.05, 3.63) is 59.9 Å². The van der Waals surface area contributed by atoms with Gasteiger partial charge in [-0.2, -0.15) is 13.2 Å². The maximum absolute atomic E-state index is 12.7. The zero-order chi connectivity index (χ0) is 15.0. The summed E-state index contributed by atoms with van der Waals surface area (Å²) < 4.78 is 43.4. The van der Waals surface area contributed by atoms with Gasteiger partial charge >= 0.3 is 6.18 Å². The van der Waals surface area contributed by atoms with Crippen molar-refractivity contribution in [3.8, 4) is 11.1 Å². The number of carbonyl (C=O) groups is 1. The van der Waals surface area contributed by atoms with Crippen LogP contribution in [0.4, 0.5) is 13.2 Å². The largest absolute Gasteiger partial charge is 0.453 e. The Morgan fingerprint density at radius 2 is 1.71 bits per heavy atom. The first-order chi connectivity index (χ1) is 9.97. The Morgan fingerprint density at radius 1 is 0.952 bits per heavy atom. The van der Waals surface area contributed by atoms with Crippen LogP contribution in [0.25, 0.3) is 22.1 Å². The minimum atomic E-state index is -4.37. The molecule has 0 aliphatic rings. The number of benzene rings is 2. The van der Waals surface area contributed by atoms with Crippen molar-refractivity contribution in [1.29, 1.82) is 0 Å². The average Bonchev–Trinajstić information content (AvgIpc) is 2.88. The quantitative estimate of drug-likeness (QED) is 0.626. The molecule has 0 fully saturated rings. The van der Waals surface area contributed by atoms with Gasteiger partial charge in [-0.3, -0.25) is 4.79 Å². The van der Waals surface area contributed by atoms with Gasteiger partial charge in [-0.15, -0.1) is 0 Å². The summed E-state index contributed by atoms with van der Waals surface area (Å²) in [5.74, 6) is 0.186. The summed E-state index contributed by atoms with van der Waals surface area (Å²) in [5.41, 5.74) is 0.918. The molecule has 2 aromatic carbocycles. The third-order valence-electron chi connectivity index (χ3n) is 3.17. The zero-order valence-corrected chi connectivity index (χ0v) is 10.6. The van der Waals surface area contributed by atoms with Crippen LogP contribution < -0.4 is 0 Å². The van der Waals surface area contributed by atoms with E-state index in [1.165, 1.54) is 6.07 Å². The topological polar surface area (TPSA) is 30.2 Å². The van der Waals surface area contributed by atoms with Crippen molar-refractivity contribution in [2.24, 2.45) is 0 Å². The SMILES string of the molecule is O=Cc1cc2cc(-c3cccc(C(F)(F)F)c3)ccc2o1. The van der Waals surface area contributed by atoms with Gasteiger partial charge in [0, 0.05) is 5.39 Å². The Kier molecular flexibility index (Phi) is 3.05. The molecule has 3 rings (SSSR count). The molecule has 1 heterocycles. The minimum Gasteiger partial charge on any atom is -0.453 e. The van der Waals surface area contributed by atoms with Gasteiger partial charge in [0.15, 0.2) is 12.0 Å². The fraction of sp³-hybridized carbons (Fsp3) is 0.0625. The number of halogens is 3. The predicted molar refractivity (Wildman–Crippen MR) is 72.0 cm³/mol. The highest BCUT2D eigenvalue weighted by Gasteiger charge is 2.30. The fourth-order valence-corrected chi connectivity index (χ4v) is 2.18. The Morgan fingerprint density at radius 3 is 2.43 bits per heavy atom. The van der Waals surface area contributed by atoms with Crippen LogP contribution in [-0.2, 0) is 6.18 Å². The smallest absolute Gasteiger partial charge is 0.416 e. The van der Waals surface area contributed by atoms with Gasteiger partial charge in [0.2, 0.25) is 0 Å². The number of rotatable bonds is 2. The van der Waals surface area contributed by atoms with Crippen molar-refractivity contribution in [1.82, 2.24) is 0 Å². The van der Waals surface area contributed by atoms with Crippen LogP contribution in [0.3, 0.4) is 0 Å². The van der Waals surface area contributed by atoms with Crippen LogP contribution in [0.5, 0.6) is 0 Å². The first-order valence-electron chi connectivity index (χ1n) is 6.14. The number of aldehydes is 1. The van der Waals surface area contributed by atoms with Gasteiger partial charge in [-0.25, -0.2) is 0 Å². The third-order valence-corrected chi connectivity index (χ3v) is 3.17. The van der Waals surface area contributed by atoms with Crippen LogP contribution in [0, 0.1) is 0 Å². The molecule has 5 heteroatoms. The number of hydrogen-bond donors (Lipinski definition) is 0. The predicted octanol–water partition coefficient (Wildman–Crippen LogP) is 4.93. The molecule has 0 atom stereocenters. The number of furan rings is 1. The highest BCUT2D eigenvalue weighted by atomic mass is 19.4. The molecule has 0 bridgehead atoms.